The molecule has 7 heteroatoms. The third-order valence-corrected chi connectivity index (χ3v) is 3.80. The van der Waals surface area contributed by atoms with E-state index in [4.69, 9.17) is 14.0 Å². The highest BCUT2D eigenvalue weighted by molar-refractivity contribution is 5.92. The molecular weight excluding hydrogens is 372 g/mol. The fourth-order valence-electron chi connectivity index (χ4n) is 2.72. The number of benzene rings is 1. The monoisotopic (exact) mass is 402 g/mol. The van der Waals surface area contributed by atoms with Crippen molar-refractivity contribution in [2.75, 3.05) is 0 Å². The van der Waals surface area contributed by atoms with Crippen LogP contribution in [0.5, 0.6) is 0 Å². The molecule has 2 aromatic rings. The van der Waals surface area contributed by atoms with Gasteiger partial charge in [-0.25, -0.2) is 9.59 Å². The van der Waals surface area contributed by atoms with Crippen molar-refractivity contribution in [1.82, 2.24) is 10.5 Å². The molecule has 1 amide bonds. The second-order valence-electron chi connectivity index (χ2n) is 8.89. The van der Waals surface area contributed by atoms with Crippen molar-refractivity contribution in [3.63, 3.8) is 0 Å². The molecule has 1 heterocycles. The van der Waals surface area contributed by atoms with Crippen LogP contribution < -0.4 is 5.32 Å². The molecule has 7 nitrogen and oxygen atoms in total. The van der Waals surface area contributed by atoms with Gasteiger partial charge in [0.2, 0.25) is 0 Å². The number of rotatable bonds is 5. The normalized spacial score (nSPS) is 12.9. The van der Waals surface area contributed by atoms with E-state index in [0.717, 1.165) is 5.56 Å². The van der Waals surface area contributed by atoms with Gasteiger partial charge in [-0.3, -0.25) is 0 Å². The third-order valence-electron chi connectivity index (χ3n) is 3.80. The Morgan fingerprint density at radius 3 is 2.17 bits per heavy atom. The zero-order chi connectivity index (χ0) is 21.8. The Labute approximate surface area is 171 Å². The number of hydrogen-bond donors (Lipinski definition) is 1. The van der Waals surface area contributed by atoms with Gasteiger partial charge < -0.3 is 19.3 Å². The molecule has 0 saturated heterocycles. The number of nitrogens with zero attached hydrogens (tertiary/aromatic N) is 1. The number of alkyl carbamates (subject to hydrolysis) is 1. The second-order valence-corrected chi connectivity index (χ2v) is 8.89. The second kappa shape index (κ2) is 8.68. The van der Waals surface area contributed by atoms with Gasteiger partial charge in [0.1, 0.15) is 28.2 Å². The summed E-state index contributed by atoms with van der Waals surface area (Å²) in [4.78, 5) is 25.2. The first kappa shape index (κ1) is 22.5. The lowest BCUT2D eigenvalue weighted by Crippen LogP contribution is -2.36. The van der Waals surface area contributed by atoms with Crippen molar-refractivity contribution < 1.29 is 23.6 Å². The highest BCUT2D eigenvalue weighted by Crippen LogP contribution is 2.26. The first-order chi connectivity index (χ1) is 13.4. The molecule has 29 heavy (non-hydrogen) atoms. The van der Waals surface area contributed by atoms with E-state index in [1.54, 1.807) is 48.5 Å². The van der Waals surface area contributed by atoms with E-state index < -0.39 is 29.3 Å². The summed E-state index contributed by atoms with van der Waals surface area (Å²) in [5.41, 5.74) is 0.161. The minimum Gasteiger partial charge on any atom is -0.456 e. The Bertz CT molecular complexity index is 844. The Morgan fingerprint density at radius 1 is 1.03 bits per heavy atom. The smallest absolute Gasteiger partial charge is 0.408 e. The summed E-state index contributed by atoms with van der Waals surface area (Å²) >= 11 is 0. The van der Waals surface area contributed by atoms with Crippen molar-refractivity contribution in [3.8, 4) is 0 Å². The minimum absolute atomic E-state index is 0.219. The van der Waals surface area contributed by atoms with E-state index in [0.29, 0.717) is 17.9 Å². The summed E-state index contributed by atoms with van der Waals surface area (Å²) in [6, 6.07) is 8.96. The van der Waals surface area contributed by atoms with Gasteiger partial charge in [-0.1, -0.05) is 35.5 Å². The van der Waals surface area contributed by atoms with Crippen LogP contribution in [0.25, 0.3) is 0 Å². The summed E-state index contributed by atoms with van der Waals surface area (Å²) in [5.74, 6) is -0.214. The average Bonchev–Trinajstić information content (AvgIpc) is 2.93. The molecule has 0 bridgehead atoms. The number of aromatic nitrogens is 1. The van der Waals surface area contributed by atoms with Crippen LogP contribution in [0.3, 0.4) is 0 Å². The van der Waals surface area contributed by atoms with Gasteiger partial charge in [-0.15, -0.1) is 0 Å². The average molecular weight is 402 g/mol. The van der Waals surface area contributed by atoms with Gasteiger partial charge >= 0.3 is 12.1 Å². The van der Waals surface area contributed by atoms with Crippen molar-refractivity contribution in [3.05, 3.63) is 52.9 Å². The highest BCUT2D eigenvalue weighted by Gasteiger charge is 2.32. The van der Waals surface area contributed by atoms with Crippen LogP contribution in [0, 0.1) is 6.92 Å². The Morgan fingerprint density at radius 2 is 1.62 bits per heavy atom. The quantitative estimate of drug-likeness (QED) is 0.726. The van der Waals surface area contributed by atoms with E-state index in [9.17, 15) is 9.59 Å². The minimum atomic E-state index is -0.675. The van der Waals surface area contributed by atoms with Gasteiger partial charge in [-0.05, 0) is 60.5 Å². The number of ether oxygens (including phenoxy) is 2. The van der Waals surface area contributed by atoms with E-state index in [-0.39, 0.29) is 5.56 Å². The summed E-state index contributed by atoms with van der Waals surface area (Å²) in [6.45, 7) is 12.3. The molecule has 1 aromatic carbocycles. The fourth-order valence-corrected chi connectivity index (χ4v) is 2.72. The number of aryl methyl sites for hydroxylation is 1. The number of hydrogen-bond acceptors (Lipinski definition) is 6. The maximum Gasteiger partial charge on any atom is 0.408 e. The Kier molecular flexibility index (Phi) is 6.72. The topological polar surface area (TPSA) is 90.7 Å². The number of amides is 1. The largest absolute Gasteiger partial charge is 0.456 e. The van der Waals surface area contributed by atoms with Gasteiger partial charge in [0, 0.05) is 0 Å². The lowest BCUT2D eigenvalue weighted by atomic mass is 9.99. The third kappa shape index (κ3) is 6.93. The molecule has 0 aliphatic rings. The lowest BCUT2D eigenvalue weighted by Gasteiger charge is -2.24. The molecule has 1 N–H and O–H groups in total. The lowest BCUT2D eigenvalue weighted by molar-refractivity contribution is 0.00646. The van der Waals surface area contributed by atoms with Gasteiger partial charge in [0.25, 0.3) is 0 Å². The summed E-state index contributed by atoms with van der Waals surface area (Å²) in [7, 11) is 0. The Balaban J connectivity index is 2.38. The number of carbonyl (C=O) groups is 2. The van der Waals surface area contributed by atoms with Gasteiger partial charge in [0.15, 0.2) is 0 Å². The molecule has 0 spiro atoms. The molecule has 1 atom stereocenters. The van der Waals surface area contributed by atoms with Crippen LogP contribution >= 0.6 is 0 Å². The zero-order valence-electron chi connectivity index (χ0n) is 18.2. The molecule has 2 rings (SSSR count). The number of carbonyl (C=O) groups excluding carboxylic acids is 2. The van der Waals surface area contributed by atoms with E-state index >= 15 is 0 Å². The number of esters is 1. The Hall–Kier alpha value is -2.83. The van der Waals surface area contributed by atoms with Crippen LogP contribution in [0.1, 0.15) is 75.0 Å². The molecule has 0 aliphatic carbocycles. The van der Waals surface area contributed by atoms with Crippen molar-refractivity contribution in [2.24, 2.45) is 0 Å². The summed E-state index contributed by atoms with van der Waals surface area (Å²) in [5, 5.41) is 6.89. The fraction of sp³-hybridized carbons (Fsp3) is 0.500. The van der Waals surface area contributed by atoms with Crippen molar-refractivity contribution in [1.29, 1.82) is 0 Å². The molecule has 158 valence electrons. The van der Waals surface area contributed by atoms with E-state index in [2.05, 4.69) is 10.5 Å². The first-order valence-electron chi connectivity index (χ1n) is 9.58. The maximum atomic E-state index is 12.8. The molecule has 0 radical (unpaired) electrons. The predicted octanol–water partition coefficient (Wildman–Crippen LogP) is 4.75. The molecule has 0 saturated carbocycles. The zero-order valence-corrected chi connectivity index (χ0v) is 18.2. The first-order valence-corrected chi connectivity index (χ1v) is 9.58. The van der Waals surface area contributed by atoms with Crippen LogP contribution in [0.15, 0.2) is 34.9 Å². The van der Waals surface area contributed by atoms with Crippen LogP contribution in [-0.4, -0.2) is 28.4 Å². The highest BCUT2D eigenvalue weighted by atomic mass is 16.6. The predicted molar refractivity (Wildman–Crippen MR) is 109 cm³/mol. The SMILES string of the molecule is Cc1onc([C@H](Cc2ccccc2)NC(=O)OC(C)(C)C)c1C(=O)OC(C)(C)C. The molecule has 0 aliphatic heterocycles. The standard InChI is InChI=1S/C22H30N2O5/c1-14-17(19(25)27-21(2,3)4)18(24-29-14)16(13-15-11-9-8-10-12-15)23-20(26)28-22(5,6)7/h8-12,16H,13H2,1-7H3,(H,23,26)/t16-/m0/s1. The van der Waals surface area contributed by atoms with Crippen LogP contribution in [0.4, 0.5) is 4.79 Å². The van der Waals surface area contributed by atoms with Crippen molar-refractivity contribution >= 4 is 12.1 Å². The summed E-state index contributed by atoms with van der Waals surface area (Å²) in [6.07, 6.45) is -0.198. The molecule has 1 aromatic heterocycles. The number of nitrogens with one attached hydrogen (secondary N) is 1. The maximum absolute atomic E-state index is 12.8. The molecule has 0 fully saturated rings. The van der Waals surface area contributed by atoms with Crippen LogP contribution in [-0.2, 0) is 15.9 Å². The van der Waals surface area contributed by atoms with Gasteiger partial charge in [0.05, 0.1) is 6.04 Å². The summed E-state index contributed by atoms with van der Waals surface area (Å²) < 4.78 is 16.2. The van der Waals surface area contributed by atoms with Crippen molar-refractivity contribution in [2.45, 2.75) is 72.1 Å². The van der Waals surface area contributed by atoms with Gasteiger partial charge in [-0.2, -0.15) is 0 Å². The molecular formula is C22H30N2O5. The van der Waals surface area contributed by atoms with E-state index in [1.807, 2.05) is 30.3 Å². The molecule has 0 unspecified atom stereocenters. The van der Waals surface area contributed by atoms with Crippen LogP contribution in [0.2, 0.25) is 0 Å². The van der Waals surface area contributed by atoms with E-state index in [1.165, 1.54) is 0 Å².